The molecule has 2 heterocycles. The van der Waals surface area contributed by atoms with Gasteiger partial charge in [0, 0.05) is 25.4 Å². The van der Waals surface area contributed by atoms with Gasteiger partial charge in [-0.25, -0.2) is 4.98 Å². The van der Waals surface area contributed by atoms with E-state index in [0.29, 0.717) is 0 Å². The van der Waals surface area contributed by atoms with Gasteiger partial charge in [-0.1, -0.05) is 19.1 Å². The van der Waals surface area contributed by atoms with Crippen molar-refractivity contribution in [2.75, 3.05) is 11.9 Å². The molecular weight excluding hydrogens is 222 g/mol. The molecule has 0 unspecified atom stereocenters. The quantitative estimate of drug-likeness (QED) is 0.894. The number of anilines is 1. The molecule has 0 atom stereocenters. The SMILES string of the molecule is CCCc1nccn1-c1cccc2c1NCCC2. The van der Waals surface area contributed by atoms with Crippen molar-refractivity contribution >= 4 is 5.69 Å². The molecule has 3 rings (SSSR count). The third-order valence-corrected chi connectivity index (χ3v) is 3.50. The van der Waals surface area contributed by atoms with Crippen molar-refractivity contribution in [3.8, 4) is 5.69 Å². The van der Waals surface area contributed by atoms with Crippen molar-refractivity contribution in [3.63, 3.8) is 0 Å². The van der Waals surface area contributed by atoms with E-state index in [1.165, 1.54) is 29.8 Å². The summed E-state index contributed by atoms with van der Waals surface area (Å²) < 4.78 is 2.22. The Morgan fingerprint density at radius 3 is 3.22 bits per heavy atom. The van der Waals surface area contributed by atoms with Crippen LogP contribution in [-0.2, 0) is 12.8 Å². The molecule has 1 aliphatic heterocycles. The number of hydrogen-bond acceptors (Lipinski definition) is 2. The van der Waals surface area contributed by atoms with Crippen molar-refractivity contribution in [2.24, 2.45) is 0 Å². The highest BCUT2D eigenvalue weighted by molar-refractivity contribution is 5.67. The maximum atomic E-state index is 4.47. The van der Waals surface area contributed by atoms with Gasteiger partial charge in [-0.2, -0.15) is 0 Å². The van der Waals surface area contributed by atoms with Crippen LogP contribution in [0.1, 0.15) is 31.2 Å². The Morgan fingerprint density at radius 1 is 1.39 bits per heavy atom. The molecule has 2 aromatic rings. The second kappa shape index (κ2) is 4.84. The van der Waals surface area contributed by atoms with Gasteiger partial charge in [0.2, 0.25) is 0 Å². The van der Waals surface area contributed by atoms with E-state index in [1.807, 2.05) is 6.20 Å². The van der Waals surface area contributed by atoms with Crippen molar-refractivity contribution in [3.05, 3.63) is 42.0 Å². The first-order valence-corrected chi connectivity index (χ1v) is 6.78. The number of imidazole rings is 1. The zero-order valence-electron chi connectivity index (χ0n) is 10.8. The van der Waals surface area contributed by atoms with Gasteiger partial charge in [0.1, 0.15) is 5.82 Å². The monoisotopic (exact) mass is 241 g/mol. The molecule has 0 aliphatic carbocycles. The summed E-state index contributed by atoms with van der Waals surface area (Å²) >= 11 is 0. The summed E-state index contributed by atoms with van der Waals surface area (Å²) in [6, 6.07) is 6.55. The van der Waals surface area contributed by atoms with Gasteiger partial charge in [0.25, 0.3) is 0 Å². The van der Waals surface area contributed by atoms with E-state index in [2.05, 4.69) is 46.2 Å². The fourth-order valence-corrected chi connectivity index (χ4v) is 2.65. The van der Waals surface area contributed by atoms with Gasteiger partial charge in [-0.15, -0.1) is 0 Å². The number of benzene rings is 1. The Balaban J connectivity index is 2.08. The lowest BCUT2D eigenvalue weighted by Gasteiger charge is -2.22. The molecule has 0 saturated carbocycles. The summed E-state index contributed by atoms with van der Waals surface area (Å²) in [5.74, 6) is 1.15. The van der Waals surface area contributed by atoms with E-state index >= 15 is 0 Å². The van der Waals surface area contributed by atoms with Gasteiger partial charge in [0.15, 0.2) is 0 Å². The molecule has 94 valence electrons. The van der Waals surface area contributed by atoms with Crippen LogP contribution in [0.3, 0.4) is 0 Å². The van der Waals surface area contributed by atoms with Gasteiger partial charge < -0.3 is 9.88 Å². The predicted molar refractivity (Wildman–Crippen MR) is 74.4 cm³/mol. The summed E-state index contributed by atoms with van der Waals surface area (Å²) in [4.78, 5) is 4.47. The van der Waals surface area contributed by atoms with Crippen LogP contribution in [-0.4, -0.2) is 16.1 Å². The molecule has 0 spiro atoms. The third-order valence-electron chi connectivity index (χ3n) is 3.50. The third kappa shape index (κ3) is 1.90. The van der Waals surface area contributed by atoms with Crippen LogP contribution in [0.15, 0.2) is 30.6 Å². The fourth-order valence-electron chi connectivity index (χ4n) is 2.65. The topological polar surface area (TPSA) is 29.9 Å². The molecule has 18 heavy (non-hydrogen) atoms. The first kappa shape index (κ1) is 11.3. The lowest BCUT2D eigenvalue weighted by Crippen LogP contribution is -2.15. The Labute approximate surface area is 108 Å². The lowest BCUT2D eigenvalue weighted by molar-refractivity contribution is 0.796. The summed E-state index contributed by atoms with van der Waals surface area (Å²) in [7, 11) is 0. The molecule has 3 nitrogen and oxygen atoms in total. The average molecular weight is 241 g/mol. The number of aromatic nitrogens is 2. The number of hydrogen-bond donors (Lipinski definition) is 1. The van der Waals surface area contributed by atoms with Crippen molar-refractivity contribution in [1.29, 1.82) is 0 Å². The first-order chi connectivity index (χ1) is 8.90. The maximum absolute atomic E-state index is 4.47. The van der Waals surface area contributed by atoms with E-state index in [-0.39, 0.29) is 0 Å². The van der Waals surface area contributed by atoms with Gasteiger partial charge in [0.05, 0.1) is 11.4 Å². The van der Waals surface area contributed by atoms with E-state index in [9.17, 15) is 0 Å². The molecule has 1 aromatic carbocycles. The lowest BCUT2D eigenvalue weighted by atomic mass is 10.0. The summed E-state index contributed by atoms with van der Waals surface area (Å²) in [5.41, 5.74) is 3.96. The summed E-state index contributed by atoms with van der Waals surface area (Å²) in [5, 5.41) is 3.54. The minimum Gasteiger partial charge on any atom is -0.383 e. The Morgan fingerprint density at radius 2 is 2.33 bits per heavy atom. The minimum absolute atomic E-state index is 1.02. The maximum Gasteiger partial charge on any atom is 0.113 e. The van der Waals surface area contributed by atoms with Crippen LogP contribution in [0.25, 0.3) is 5.69 Å². The van der Waals surface area contributed by atoms with E-state index < -0.39 is 0 Å². The second-order valence-corrected chi connectivity index (χ2v) is 4.81. The van der Waals surface area contributed by atoms with Crippen LogP contribution in [0.4, 0.5) is 5.69 Å². The second-order valence-electron chi connectivity index (χ2n) is 4.81. The smallest absolute Gasteiger partial charge is 0.113 e. The van der Waals surface area contributed by atoms with E-state index in [1.54, 1.807) is 0 Å². The van der Waals surface area contributed by atoms with Crippen LogP contribution < -0.4 is 5.32 Å². The van der Waals surface area contributed by atoms with Crippen LogP contribution >= 0.6 is 0 Å². The number of nitrogens with one attached hydrogen (secondary N) is 1. The average Bonchev–Trinajstić information content (AvgIpc) is 2.87. The number of rotatable bonds is 3. The molecule has 1 N–H and O–H groups in total. The minimum atomic E-state index is 1.02. The molecule has 1 aromatic heterocycles. The molecule has 1 aliphatic rings. The zero-order valence-corrected chi connectivity index (χ0v) is 10.8. The number of aryl methyl sites for hydroxylation is 2. The first-order valence-electron chi connectivity index (χ1n) is 6.78. The largest absolute Gasteiger partial charge is 0.383 e. The standard InChI is InChI=1S/C15H19N3/c1-2-5-14-16-10-11-18(14)13-8-3-6-12-7-4-9-17-15(12)13/h3,6,8,10-11,17H,2,4-5,7,9H2,1H3. The Bertz CT molecular complexity index is 542. The van der Waals surface area contributed by atoms with Crippen molar-refractivity contribution in [2.45, 2.75) is 32.6 Å². The highest BCUT2D eigenvalue weighted by Crippen LogP contribution is 2.29. The van der Waals surface area contributed by atoms with Crippen LogP contribution in [0.2, 0.25) is 0 Å². The van der Waals surface area contributed by atoms with Gasteiger partial charge in [-0.05, 0) is 30.9 Å². The molecule has 0 bridgehead atoms. The zero-order chi connectivity index (χ0) is 12.4. The van der Waals surface area contributed by atoms with Crippen LogP contribution in [0.5, 0.6) is 0 Å². The number of nitrogens with zero attached hydrogens (tertiary/aromatic N) is 2. The molecule has 0 radical (unpaired) electrons. The summed E-state index contributed by atoms with van der Waals surface area (Å²) in [6.07, 6.45) is 8.51. The Hall–Kier alpha value is -1.77. The molecule has 0 saturated heterocycles. The summed E-state index contributed by atoms with van der Waals surface area (Å²) in [6.45, 7) is 3.26. The van der Waals surface area contributed by atoms with Crippen molar-refractivity contribution in [1.82, 2.24) is 9.55 Å². The van der Waals surface area contributed by atoms with Crippen molar-refractivity contribution < 1.29 is 0 Å². The molecule has 0 fully saturated rings. The predicted octanol–water partition coefficient (Wildman–Crippen LogP) is 3.18. The van der Waals surface area contributed by atoms with Gasteiger partial charge >= 0.3 is 0 Å². The number of fused-ring (bicyclic) bond motifs is 1. The highest BCUT2D eigenvalue weighted by atomic mass is 15.1. The molecule has 0 amide bonds. The normalized spacial score (nSPS) is 14.1. The Kier molecular flexibility index (Phi) is 3.05. The number of para-hydroxylation sites is 1. The highest BCUT2D eigenvalue weighted by Gasteiger charge is 2.14. The molecule has 3 heteroatoms. The van der Waals surface area contributed by atoms with E-state index in [4.69, 9.17) is 0 Å². The van der Waals surface area contributed by atoms with Gasteiger partial charge in [-0.3, -0.25) is 0 Å². The van der Waals surface area contributed by atoms with E-state index in [0.717, 1.165) is 25.2 Å². The van der Waals surface area contributed by atoms with Crippen LogP contribution in [0, 0.1) is 0 Å². The fraction of sp³-hybridized carbons (Fsp3) is 0.400. The molecular formula is C15H19N3.